The van der Waals surface area contributed by atoms with Gasteiger partial charge in [0.05, 0.1) is 11.3 Å². The molecule has 1 aliphatic rings. The number of fused-ring (bicyclic) bond motifs is 1. The van der Waals surface area contributed by atoms with Crippen LogP contribution in [0.2, 0.25) is 0 Å². The van der Waals surface area contributed by atoms with Crippen LogP contribution >= 0.6 is 23.1 Å². The second-order valence-electron chi connectivity index (χ2n) is 9.28. The molecule has 12 heteroatoms. The summed E-state index contributed by atoms with van der Waals surface area (Å²) < 4.78 is 1.68. The Morgan fingerprint density at radius 1 is 1.23 bits per heavy atom. The lowest BCUT2D eigenvalue weighted by molar-refractivity contribution is -0.119. The van der Waals surface area contributed by atoms with E-state index in [0.717, 1.165) is 28.1 Å². The monoisotopic (exact) mass is 575 g/mol. The van der Waals surface area contributed by atoms with Crippen molar-refractivity contribution >= 4 is 59.4 Å². The first kappa shape index (κ1) is 27.6. The molecule has 10 nitrogen and oxygen atoms in total. The van der Waals surface area contributed by atoms with Gasteiger partial charge in [-0.3, -0.25) is 23.8 Å². The summed E-state index contributed by atoms with van der Waals surface area (Å²) >= 11 is 2.96. The lowest BCUT2D eigenvalue weighted by atomic mass is 10.1. The number of rotatable bonds is 10. The lowest BCUT2D eigenvalue weighted by Gasteiger charge is -2.29. The molecule has 40 heavy (non-hydrogen) atoms. The second-order valence-corrected chi connectivity index (χ2v) is 11.1. The van der Waals surface area contributed by atoms with E-state index < -0.39 is 0 Å². The molecule has 0 aliphatic carbocycles. The predicted octanol–water partition coefficient (Wildman–Crippen LogP) is 3.68. The summed E-state index contributed by atoms with van der Waals surface area (Å²) in [4.78, 5) is 49.5. The van der Waals surface area contributed by atoms with Crippen molar-refractivity contribution in [3.63, 3.8) is 0 Å². The maximum Gasteiger partial charge on any atom is 0.270 e. The Morgan fingerprint density at radius 3 is 2.75 bits per heavy atom. The Balaban J connectivity index is 1.42. The number of imidazole rings is 1. The number of likely N-dealkylation sites (tertiary alicyclic amines) is 1. The SMILES string of the molecule is C=Nc1ccc(CNC(=O)c2cccn3c(C(=O)NC4CCN(C=O)CC4)c(-c4ccsc4)nc23)cc1SCN. The van der Waals surface area contributed by atoms with E-state index in [4.69, 9.17) is 10.7 Å². The zero-order valence-electron chi connectivity index (χ0n) is 21.7. The molecule has 1 fully saturated rings. The Hall–Kier alpha value is -4.00. The first-order valence-corrected chi connectivity index (χ1v) is 14.7. The van der Waals surface area contributed by atoms with Crippen LogP contribution in [-0.2, 0) is 11.3 Å². The van der Waals surface area contributed by atoms with Crippen molar-refractivity contribution in [1.82, 2.24) is 24.9 Å². The molecule has 4 aromatic rings. The number of thioether (sulfide) groups is 1. The van der Waals surface area contributed by atoms with Gasteiger partial charge in [-0.2, -0.15) is 11.3 Å². The van der Waals surface area contributed by atoms with Gasteiger partial charge in [0, 0.05) is 53.6 Å². The highest BCUT2D eigenvalue weighted by Crippen LogP contribution is 2.30. The Labute approximate surface area is 239 Å². The number of carbonyl (C=O) groups is 3. The first-order chi connectivity index (χ1) is 19.5. The number of benzene rings is 1. The van der Waals surface area contributed by atoms with Gasteiger partial charge in [0.2, 0.25) is 6.41 Å². The summed E-state index contributed by atoms with van der Waals surface area (Å²) in [7, 11) is 0. The van der Waals surface area contributed by atoms with E-state index in [1.54, 1.807) is 27.6 Å². The Morgan fingerprint density at radius 2 is 2.05 bits per heavy atom. The molecule has 0 spiro atoms. The van der Waals surface area contributed by atoms with Crippen molar-refractivity contribution in [2.45, 2.75) is 30.3 Å². The number of amides is 3. The van der Waals surface area contributed by atoms with Crippen molar-refractivity contribution in [3.05, 3.63) is 70.2 Å². The van der Waals surface area contributed by atoms with Crippen molar-refractivity contribution in [2.24, 2.45) is 10.7 Å². The van der Waals surface area contributed by atoms with Gasteiger partial charge in [-0.15, -0.1) is 11.8 Å². The van der Waals surface area contributed by atoms with E-state index in [9.17, 15) is 14.4 Å². The van der Waals surface area contributed by atoms with E-state index in [0.29, 0.717) is 61.0 Å². The molecule has 5 rings (SSSR count). The zero-order valence-corrected chi connectivity index (χ0v) is 23.3. The van der Waals surface area contributed by atoms with Crippen LogP contribution in [0.1, 0.15) is 39.3 Å². The highest BCUT2D eigenvalue weighted by molar-refractivity contribution is 7.99. The number of thiophene rings is 1. The quantitative estimate of drug-likeness (QED) is 0.114. The average molecular weight is 576 g/mol. The van der Waals surface area contributed by atoms with Gasteiger partial charge in [0.25, 0.3) is 11.8 Å². The normalized spacial score (nSPS) is 13.8. The molecule has 1 saturated heterocycles. The summed E-state index contributed by atoms with van der Waals surface area (Å²) in [5.41, 5.74) is 9.79. The summed E-state index contributed by atoms with van der Waals surface area (Å²) in [6.45, 7) is 5.09. The molecule has 1 aliphatic heterocycles. The molecule has 1 aromatic carbocycles. The summed E-state index contributed by atoms with van der Waals surface area (Å²) in [5, 5.41) is 9.94. The minimum Gasteiger partial charge on any atom is -0.348 e. The van der Waals surface area contributed by atoms with E-state index in [1.807, 2.05) is 35.0 Å². The summed E-state index contributed by atoms with van der Waals surface area (Å²) in [5.74, 6) is -0.170. The standard InChI is InChI=1S/C28H29N7O3S2/c1-30-22-5-4-18(13-23(22)40-16-29)14-31-27(37)21-3-2-9-35-25(24(33-26(21)35)19-8-12-39-15-19)28(38)32-20-6-10-34(17-36)11-7-20/h2-5,8-9,12-13,15,17,20H,1,6-7,10-11,14,16,29H2,(H,31,37)(H,32,38). The van der Waals surface area contributed by atoms with Crippen LogP contribution in [0.4, 0.5) is 5.69 Å². The minimum absolute atomic E-state index is 0.0546. The fraction of sp³-hybridized carbons (Fsp3) is 0.250. The third-order valence-electron chi connectivity index (χ3n) is 6.80. The maximum atomic E-state index is 13.6. The molecule has 0 saturated carbocycles. The van der Waals surface area contributed by atoms with Crippen LogP contribution in [0.5, 0.6) is 0 Å². The van der Waals surface area contributed by atoms with Crippen LogP contribution in [0.3, 0.4) is 0 Å². The van der Waals surface area contributed by atoms with E-state index in [2.05, 4.69) is 22.3 Å². The molecule has 0 bridgehead atoms. The number of piperidine rings is 1. The molecule has 0 unspecified atom stereocenters. The van der Waals surface area contributed by atoms with Crippen molar-refractivity contribution in [3.8, 4) is 11.3 Å². The summed E-state index contributed by atoms with van der Waals surface area (Å²) in [6, 6.07) is 11.0. The van der Waals surface area contributed by atoms with E-state index in [1.165, 1.54) is 23.1 Å². The smallest absolute Gasteiger partial charge is 0.270 e. The number of nitrogens with zero attached hydrogens (tertiary/aromatic N) is 4. The number of carbonyl (C=O) groups excluding carboxylic acids is 3. The molecule has 206 valence electrons. The van der Waals surface area contributed by atoms with Gasteiger partial charge < -0.3 is 21.3 Å². The maximum absolute atomic E-state index is 13.6. The first-order valence-electron chi connectivity index (χ1n) is 12.8. The molecule has 3 amide bonds. The van der Waals surface area contributed by atoms with Gasteiger partial charge in [-0.1, -0.05) is 6.07 Å². The highest BCUT2D eigenvalue weighted by Gasteiger charge is 2.27. The number of hydrogen-bond donors (Lipinski definition) is 3. The average Bonchev–Trinajstić information content (AvgIpc) is 3.65. The Kier molecular flexibility index (Phi) is 8.58. The molecular weight excluding hydrogens is 546 g/mol. The molecule has 0 radical (unpaired) electrons. The third kappa shape index (κ3) is 5.79. The van der Waals surface area contributed by atoms with Crippen molar-refractivity contribution in [1.29, 1.82) is 0 Å². The van der Waals surface area contributed by atoms with Crippen LogP contribution in [-0.4, -0.2) is 64.2 Å². The van der Waals surface area contributed by atoms with Crippen molar-refractivity contribution < 1.29 is 14.4 Å². The number of nitrogens with two attached hydrogens (primary N) is 1. The van der Waals surface area contributed by atoms with Gasteiger partial charge in [0.15, 0.2) is 5.65 Å². The number of pyridine rings is 1. The fourth-order valence-corrected chi connectivity index (χ4v) is 6.08. The largest absolute Gasteiger partial charge is 0.348 e. The van der Waals surface area contributed by atoms with Gasteiger partial charge >= 0.3 is 0 Å². The van der Waals surface area contributed by atoms with Crippen LogP contribution in [0, 0.1) is 0 Å². The van der Waals surface area contributed by atoms with Gasteiger partial charge in [0.1, 0.15) is 11.4 Å². The number of nitrogens with one attached hydrogen (secondary N) is 2. The van der Waals surface area contributed by atoms with E-state index in [-0.39, 0.29) is 17.9 Å². The zero-order chi connectivity index (χ0) is 28.1. The van der Waals surface area contributed by atoms with Gasteiger partial charge in [-0.25, -0.2) is 4.98 Å². The number of hydrogen-bond acceptors (Lipinski definition) is 8. The van der Waals surface area contributed by atoms with Crippen LogP contribution < -0.4 is 16.4 Å². The van der Waals surface area contributed by atoms with Gasteiger partial charge in [-0.05, 0) is 60.8 Å². The number of aliphatic imine (C=N–C) groups is 1. The Bertz CT molecular complexity index is 1540. The summed E-state index contributed by atoms with van der Waals surface area (Å²) in [6.07, 6.45) is 3.95. The molecule has 4 N–H and O–H groups in total. The third-order valence-corrected chi connectivity index (χ3v) is 8.29. The van der Waals surface area contributed by atoms with Crippen LogP contribution in [0.25, 0.3) is 16.9 Å². The fourth-order valence-electron chi connectivity index (χ4n) is 4.75. The predicted molar refractivity (Wildman–Crippen MR) is 158 cm³/mol. The molecule has 4 heterocycles. The highest BCUT2D eigenvalue weighted by atomic mass is 32.2. The number of aromatic nitrogens is 2. The van der Waals surface area contributed by atoms with Crippen LogP contribution in [0.15, 0.2) is 63.2 Å². The molecular formula is C28H29N7O3S2. The topological polar surface area (TPSA) is 134 Å². The van der Waals surface area contributed by atoms with Crippen molar-refractivity contribution in [2.75, 3.05) is 19.0 Å². The minimum atomic E-state index is -0.306. The van der Waals surface area contributed by atoms with E-state index >= 15 is 0 Å². The molecule has 3 aromatic heterocycles. The lowest BCUT2D eigenvalue weighted by Crippen LogP contribution is -2.44. The molecule has 0 atom stereocenters. The second kappa shape index (κ2) is 12.5.